The fourth-order valence-electron chi connectivity index (χ4n) is 1.36. The lowest BCUT2D eigenvalue weighted by molar-refractivity contribution is -0.151. The molecule has 68 valence electrons. The average Bonchev–Trinajstić information content (AvgIpc) is 2.22. The van der Waals surface area contributed by atoms with Gasteiger partial charge in [0.2, 0.25) is 0 Å². The molecule has 0 aromatic carbocycles. The molecular formula is C9H13ClO2. The topological polar surface area (TPSA) is 18.5 Å². The van der Waals surface area contributed by atoms with Crippen LogP contribution in [0.5, 0.6) is 0 Å². The second kappa shape index (κ2) is 2.92. The Morgan fingerprint density at radius 2 is 2.08 bits per heavy atom. The van der Waals surface area contributed by atoms with Crippen molar-refractivity contribution in [2.45, 2.75) is 38.3 Å². The number of hydrogen-bond acceptors (Lipinski definition) is 2. The maximum absolute atomic E-state index is 5.70. The van der Waals surface area contributed by atoms with E-state index in [2.05, 4.69) is 5.92 Å². The summed E-state index contributed by atoms with van der Waals surface area (Å²) in [6, 6.07) is 0. The van der Waals surface area contributed by atoms with Crippen molar-refractivity contribution in [3.8, 4) is 12.3 Å². The molecule has 0 unspecified atom stereocenters. The van der Waals surface area contributed by atoms with Gasteiger partial charge >= 0.3 is 0 Å². The Balaban J connectivity index is 2.85. The molecule has 2 atom stereocenters. The van der Waals surface area contributed by atoms with Gasteiger partial charge in [-0.3, -0.25) is 0 Å². The van der Waals surface area contributed by atoms with E-state index in [0.29, 0.717) is 5.88 Å². The third-order valence-corrected chi connectivity index (χ3v) is 2.21. The molecule has 0 spiro atoms. The van der Waals surface area contributed by atoms with Gasteiger partial charge in [0.15, 0.2) is 11.4 Å². The van der Waals surface area contributed by atoms with Crippen molar-refractivity contribution in [2.24, 2.45) is 0 Å². The monoisotopic (exact) mass is 188 g/mol. The van der Waals surface area contributed by atoms with Crippen LogP contribution in [-0.4, -0.2) is 23.4 Å². The Morgan fingerprint density at radius 3 is 2.42 bits per heavy atom. The van der Waals surface area contributed by atoms with Crippen LogP contribution in [0.4, 0.5) is 0 Å². The molecule has 12 heavy (non-hydrogen) atoms. The molecule has 0 aliphatic carbocycles. The summed E-state index contributed by atoms with van der Waals surface area (Å²) in [5.41, 5.74) is -0.689. The third-order valence-electron chi connectivity index (χ3n) is 1.93. The van der Waals surface area contributed by atoms with Crippen LogP contribution in [0, 0.1) is 12.3 Å². The number of terminal acetylenes is 1. The Kier molecular flexibility index (Phi) is 2.40. The molecule has 3 heteroatoms. The number of halogens is 1. The summed E-state index contributed by atoms with van der Waals surface area (Å²) in [5, 5.41) is 0. The van der Waals surface area contributed by atoms with Gasteiger partial charge in [0.25, 0.3) is 0 Å². The predicted octanol–water partition coefficient (Wildman–Crippen LogP) is 1.77. The molecule has 0 aromatic heterocycles. The smallest absolute Gasteiger partial charge is 0.165 e. The molecule has 0 aromatic rings. The van der Waals surface area contributed by atoms with E-state index in [9.17, 15) is 0 Å². The van der Waals surface area contributed by atoms with Crippen LogP contribution in [0.25, 0.3) is 0 Å². The van der Waals surface area contributed by atoms with Gasteiger partial charge in [-0.1, -0.05) is 5.92 Å². The average molecular weight is 189 g/mol. The summed E-state index contributed by atoms with van der Waals surface area (Å²) in [6.45, 7) is 5.47. The highest BCUT2D eigenvalue weighted by Gasteiger charge is 2.48. The lowest BCUT2D eigenvalue weighted by Gasteiger charge is -2.21. The standard InChI is InChI=1S/C9H13ClO2/c1-5-9(4)7(6-10)11-8(2,3)12-9/h1,7H,6H2,2-4H3/t7-,9-/m0/s1. The molecule has 0 N–H and O–H groups in total. The first-order chi connectivity index (χ1) is 5.43. The van der Waals surface area contributed by atoms with Crippen molar-refractivity contribution in [2.75, 3.05) is 5.88 Å². The van der Waals surface area contributed by atoms with Crippen LogP contribution in [0.3, 0.4) is 0 Å². The highest BCUT2D eigenvalue weighted by atomic mass is 35.5. The quantitative estimate of drug-likeness (QED) is 0.461. The van der Waals surface area contributed by atoms with E-state index >= 15 is 0 Å². The fourth-order valence-corrected chi connectivity index (χ4v) is 1.71. The molecule has 0 saturated carbocycles. The normalized spacial score (nSPS) is 39.4. The largest absolute Gasteiger partial charge is 0.342 e. The minimum Gasteiger partial charge on any atom is -0.342 e. The van der Waals surface area contributed by atoms with E-state index in [1.165, 1.54) is 0 Å². The molecule has 1 heterocycles. The molecule has 0 bridgehead atoms. The summed E-state index contributed by atoms with van der Waals surface area (Å²) in [7, 11) is 0. The second-order valence-electron chi connectivity index (χ2n) is 3.51. The van der Waals surface area contributed by atoms with Crippen LogP contribution in [0.2, 0.25) is 0 Å². The Hall–Kier alpha value is -0.230. The van der Waals surface area contributed by atoms with Crippen LogP contribution in [0.15, 0.2) is 0 Å². The summed E-state index contributed by atoms with van der Waals surface area (Å²) in [6.07, 6.45) is 5.12. The highest BCUT2D eigenvalue weighted by Crippen LogP contribution is 2.36. The summed E-state index contributed by atoms with van der Waals surface area (Å²) in [5.74, 6) is 2.29. The molecule has 2 nitrogen and oxygen atoms in total. The predicted molar refractivity (Wildman–Crippen MR) is 48.0 cm³/mol. The number of ether oxygens (including phenoxy) is 2. The summed E-state index contributed by atoms with van der Waals surface area (Å²) < 4.78 is 11.1. The molecule has 0 radical (unpaired) electrons. The molecule has 1 saturated heterocycles. The van der Waals surface area contributed by atoms with Gasteiger partial charge < -0.3 is 9.47 Å². The van der Waals surface area contributed by atoms with Crippen molar-refractivity contribution in [1.29, 1.82) is 0 Å². The molecule has 0 amide bonds. The van der Waals surface area contributed by atoms with Crippen LogP contribution in [0.1, 0.15) is 20.8 Å². The van der Waals surface area contributed by atoms with Crippen molar-refractivity contribution >= 4 is 11.6 Å². The van der Waals surface area contributed by atoms with Crippen molar-refractivity contribution in [1.82, 2.24) is 0 Å². The number of hydrogen-bond donors (Lipinski definition) is 0. The van der Waals surface area contributed by atoms with Crippen molar-refractivity contribution < 1.29 is 9.47 Å². The van der Waals surface area contributed by atoms with Gasteiger partial charge in [0, 0.05) is 0 Å². The van der Waals surface area contributed by atoms with Crippen LogP contribution >= 0.6 is 11.6 Å². The molecule has 1 aliphatic rings. The first kappa shape index (κ1) is 9.85. The lowest BCUT2D eigenvalue weighted by atomic mass is 10.0. The molecule has 1 fully saturated rings. The highest BCUT2D eigenvalue weighted by molar-refractivity contribution is 6.18. The molecular weight excluding hydrogens is 176 g/mol. The second-order valence-corrected chi connectivity index (χ2v) is 3.82. The van der Waals surface area contributed by atoms with E-state index in [-0.39, 0.29) is 6.10 Å². The van der Waals surface area contributed by atoms with E-state index in [1.807, 2.05) is 20.8 Å². The summed E-state index contributed by atoms with van der Waals surface area (Å²) in [4.78, 5) is 0. The zero-order valence-corrected chi connectivity index (χ0v) is 8.31. The van der Waals surface area contributed by atoms with Gasteiger partial charge in [-0.2, -0.15) is 0 Å². The van der Waals surface area contributed by atoms with E-state index in [0.717, 1.165) is 0 Å². The number of rotatable bonds is 1. The van der Waals surface area contributed by atoms with Crippen LogP contribution < -0.4 is 0 Å². The molecule has 1 rings (SSSR count). The Labute approximate surface area is 78.2 Å². The van der Waals surface area contributed by atoms with Crippen molar-refractivity contribution in [3.63, 3.8) is 0 Å². The van der Waals surface area contributed by atoms with Gasteiger partial charge in [-0.15, -0.1) is 18.0 Å². The minimum atomic E-state index is -0.689. The van der Waals surface area contributed by atoms with E-state index in [1.54, 1.807) is 0 Å². The van der Waals surface area contributed by atoms with Gasteiger partial charge in [0.05, 0.1) is 5.88 Å². The Morgan fingerprint density at radius 1 is 1.50 bits per heavy atom. The lowest BCUT2D eigenvalue weighted by Crippen LogP contribution is -2.36. The van der Waals surface area contributed by atoms with Gasteiger partial charge in [-0.05, 0) is 20.8 Å². The number of alkyl halides is 1. The van der Waals surface area contributed by atoms with Crippen LogP contribution in [-0.2, 0) is 9.47 Å². The summed E-state index contributed by atoms with van der Waals surface area (Å²) >= 11 is 5.70. The van der Waals surface area contributed by atoms with E-state index in [4.69, 9.17) is 27.5 Å². The zero-order chi connectivity index (χ0) is 9.41. The fraction of sp³-hybridized carbons (Fsp3) is 0.778. The maximum Gasteiger partial charge on any atom is 0.165 e. The third kappa shape index (κ3) is 1.59. The van der Waals surface area contributed by atoms with Gasteiger partial charge in [0.1, 0.15) is 6.10 Å². The maximum atomic E-state index is 5.70. The SMILES string of the molecule is C#C[C@]1(C)OC(C)(C)O[C@H]1CCl. The minimum absolute atomic E-state index is 0.223. The van der Waals surface area contributed by atoms with Gasteiger partial charge in [-0.25, -0.2) is 0 Å². The first-order valence-corrected chi connectivity index (χ1v) is 4.39. The first-order valence-electron chi connectivity index (χ1n) is 3.85. The Bertz CT molecular complexity index is 219. The zero-order valence-electron chi connectivity index (χ0n) is 7.56. The van der Waals surface area contributed by atoms with E-state index < -0.39 is 11.4 Å². The van der Waals surface area contributed by atoms with Crippen molar-refractivity contribution in [3.05, 3.63) is 0 Å². The molecule has 1 aliphatic heterocycles.